The normalized spacial score (nSPS) is 19.9. The van der Waals surface area contributed by atoms with Crippen molar-refractivity contribution in [1.29, 1.82) is 0 Å². The fourth-order valence-corrected chi connectivity index (χ4v) is 2.75. The number of sulfonamides is 1. The smallest absolute Gasteiger partial charge is 0.334 e. The van der Waals surface area contributed by atoms with E-state index in [0.717, 1.165) is 6.26 Å². The molecular formula is C10H18N2O6S. The van der Waals surface area contributed by atoms with Crippen molar-refractivity contribution in [3.8, 4) is 0 Å². The number of carboxylic acid groups (broad SMARTS) is 1. The molecule has 0 aliphatic carbocycles. The number of carbonyl (C=O) groups excluding carboxylic acids is 1. The molecule has 1 heterocycles. The Balaban J connectivity index is 2.39. The van der Waals surface area contributed by atoms with Gasteiger partial charge in [0.1, 0.15) is 0 Å². The summed E-state index contributed by atoms with van der Waals surface area (Å²) in [5, 5.41) is 19.8. The van der Waals surface area contributed by atoms with E-state index in [1.54, 1.807) is 0 Å². The highest BCUT2D eigenvalue weighted by molar-refractivity contribution is 7.88. The Bertz CT molecular complexity index is 441. The highest BCUT2D eigenvalue weighted by Gasteiger charge is 2.29. The van der Waals surface area contributed by atoms with Crippen molar-refractivity contribution in [3.05, 3.63) is 0 Å². The fraction of sp³-hybridized carbons (Fsp3) is 0.800. The molecule has 1 fully saturated rings. The number of nitrogens with zero attached hydrogens (tertiary/aromatic N) is 1. The average molecular weight is 294 g/mol. The van der Waals surface area contributed by atoms with Crippen LogP contribution in [-0.4, -0.2) is 66.8 Å². The number of rotatable bonds is 5. The lowest BCUT2D eigenvalue weighted by Crippen LogP contribution is -2.44. The van der Waals surface area contributed by atoms with Crippen molar-refractivity contribution >= 4 is 21.9 Å². The summed E-state index contributed by atoms with van der Waals surface area (Å²) in [4.78, 5) is 22.1. The van der Waals surface area contributed by atoms with Crippen LogP contribution in [0.1, 0.15) is 12.8 Å². The van der Waals surface area contributed by atoms with Crippen LogP contribution >= 0.6 is 0 Å². The largest absolute Gasteiger partial charge is 0.479 e. The molecule has 9 heteroatoms. The van der Waals surface area contributed by atoms with Crippen LogP contribution in [0.2, 0.25) is 0 Å². The van der Waals surface area contributed by atoms with Gasteiger partial charge >= 0.3 is 5.97 Å². The first kappa shape index (κ1) is 15.9. The predicted molar refractivity (Wildman–Crippen MR) is 65.8 cm³/mol. The standard InChI is InChI=1S/C10H18N2O6S/c1-19(17,18)12-4-2-7(3-5-12)9(14)11-6-8(13)10(15)16/h7-8,13H,2-6H2,1H3,(H,11,14)(H,15,16)/t8-/m0/s1. The lowest BCUT2D eigenvalue weighted by atomic mass is 9.97. The maximum atomic E-state index is 11.7. The Kier molecular flexibility index (Phi) is 5.27. The molecule has 0 aromatic heterocycles. The molecule has 19 heavy (non-hydrogen) atoms. The van der Waals surface area contributed by atoms with Gasteiger partial charge in [-0.25, -0.2) is 17.5 Å². The molecule has 8 nitrogen and oxygen atoms in total. The second kappa shape index (κ2) is 6.31. The van der Waals surface area contributed by atoms with Crippen LogP contribution in [0, 0.1) is 5.92 Å². The van der Waals surface area contributed by atoms with E-state index in [2.05, 4.69) is 5.32 Å². The third-order valence-electron chi connectivity index (χ3n) is 3.05. The summed E-state index contributed by atoms with van der Waals surface area (Å²) in [6.07, 6.45) is 0.279. The van der Waals surface area contributed by atoms with Crippen LogP contribution in [0.5, 0.6) is 0 Å². The van der Waals surface area contributed by atoms with Gasteiger partial charge in [0.2, 0.25) is 15.9 Å². The third-order valence-corrected chi connectivity index (χ3v) is 4.35. The number of hydrogen-bond donors (Lipinski definition) is 3. The first-order chi connectivity index (χ1) is 8.71. The predicted octanol–water partition coefficient (Wildman–Crippen LogP) is -1.78. The Morgan fingerprint density at radius 1 is 1.37 bits per heavy atom. The molecule has 3 N–H and O–H groups in total. The Morgan fingerprint density at radius 2 is 1.89 bits per heavy atom. The molecule has 1 aliphatic heterocycles. The van der Waals surface area contributed by atoms with Crippen LogP contribution in [0.4, 0.5) is 0 Å². The summed E-state index contributed by atoms with van der Waals surface area (Å²) in [6.45, 7) is 0.206. The van der Waals surface area contributed by atoms with Gasteiger partial charge in [-0.3, -0.25) is 4.79 Å². The van der Waals surface area contributed by atoms with E-state index >= 15 is 0 Å². The van der Waals surface area contributed by atoms with Crippen molar-refractivity contribution in [2.45, 2.75) is 18.9 Å². The average Bonchev–Trinajstić information content (AvgIpc) is 2.34. The summed E-state index contributed by atoms with van der Waals surface area (Å²) in [5.41, 5.74) is 0. The van der Waals surface area contributed by atoms with Crippen molar-refractivity contribution in [1.82, 2.24) is 9.62 Å². The van der Waals surface area contributed by atoms with Gasteiger partial charge in [-0.2, -0.15) is 0 Å². The molecule has 0 spiro atoms. The zero-order valence-electron chi connectivity index (χ0n) is 10.6. The lowest BCUT2D eigenvalue weighted by molar-refractivity contribution is -0.146. The number of aliphatic hydroxyl groups excluding tert-OH is 1. The second-order valence-electron chi connectivity index (χ2n) is 4.54. The van der Waals surface area contributed by atoms with E-state index in [4.69, 9.17) is 10.2 Å². The molecule has 0 unspecified atom stereocenters. The topological polar surface area (TPSA) is 124 Å². The van der Waals surface area contributed by atoms with Gasteiger partial charge in [-0.15, -0.1) is 0 Å². The van der Waals surface area contributed by atoms with Crippen molar-refractivity contribution in [2.24, 2.45) is 5.92 Å². The van der Waals surface area contributed by atoms with E-state index in [1.165, 1.54) is 4.31 Å². The highest BCUT2D eigenvalue weighted by Crippen LogP contribution is 2.19. The van der Waals surface area contributed by atoms with Gasteiger partial charge in [0.15, 0.2) is 6.10 Å². The van der Waals surface area contributed by atoms with Gasteiger partial charge in [0.25, 0.3) is 0 Å². The maximum absolute atomic E-state index is 11.7. The minimum atomic E-state index is -3.23. The first-order valence-electron chi connectivity index (χ1n) is 5.85. The molecule has 1 rings (SSSR count). The second-order valence-corrected chi connectivity index (χ2v) is 6.52. The van der Waals surface area contributed by atoms with E-state index < -0.39 is 22.1 Å². The van der Waals surface area contributed by atoms with Gasteiger partial charge in [-0.1, -0.05) is 0 Å². The van der Waals surface area contributed by atoms with Crippen molar-refractivity contribution in [2.75, 3.05) is 25.9 Å². The molecule has 0 bridgehead atoms. The van der Waals surface area contributed by atoms with Gasteiger partial charge in [0.05, 0.1) is 12.8 Å². The number of carboxylic acids is 1. The van der Waals surface area contributed by atoms with Crippen LogP contribution in [0.15, 0.2) is 0 Å². The van der Waals surface area contributed by atoms with E-state index in [0.29, 0.717) is 12.8 Å². The van der Waals surface area contributed by atoms with E-state index in [-0.39, 0.29) is 31.5 Å². The van der Waals surface area contributed by atoms with Gasteiger partial charge in [-0.05, 0) is 12.8 Å². The van der Waals surface area contributed by atoms with Gasteiger partial charge < -0.3 is 15.5 Å². The van der Waals surface area contributed by atoms with Gasteiger partial charge in [0, 0.05) is 19.0 Å². The van der Waals surface area contributed by atoms with E-state index in [9.17, 15) is 18.0 Å². The molecule has 1 atom stereocenters. The van der Waals surface area contributed by atoms with Crippen molar-refractivity contribution < 1.29 is 28.2 Å². The number of aliphatic carboxylic acids is 1. The Morgan fingerprint density at radius 3 is 2.32 bits per heavy atom. The first-order valence-corrected chi connectivity index (χ1v) is 7.70. The molecule has 0 aromatic carbocycles. The summed E-state index contributed by atoms with van der Waals surface area (Å²) < 4.78 is 23.9. The Labute approximate surface area is 111 Å². The monoisotopic (exact) mass is 294 g/mol. The number of amides is 1. The molecule has 0 radical (unpaired) electrons. The molecule has 1 saturated heterocycles. The molecule has 1 aliphatic rings. The minimum absolute atomic E-state index is 0.276. The minimum Gasteiger partial charge on any atom is -0.479 e. The highest BCUT2D eigenvalue weighted by atomic mass is 32.2. The Hall–Kier alpha value is -1.19. The molecular weight excluding hydrogens is 276 g/mol. The molecule has 0 aromatic rings. The zero-order valence-corrected chi connectivity index (χ0v) is 11.4. The fourth-order valence-electron chi connectivity index (χ4n) is 1.88. The summed E-state index contributed by atoms with van der Waals surface area (Å²) in [5.74, 6) is -2.10. The molecule has 110 valence electrons. The lowest BCUT2D eigenvalue weighted by Gasteiger charge is -2.29. The number of carbonyl (C=O) groups is 2. The number of hydrogen-bond acceptors (Lipinski definition) is 5. The van der Waals surface area contributed by atoms with Crippen LogP contribution in [0.25, 0.3) is 0 Å². The van der Waals surface area contributed by atoms with E-state index in [1.807, 2.05) is 0 Å². The SMILES string of the molecule is CS(=O)(=O)N1CCC(C(=O)NC[C@H](O)C(=O)O)CC1. The molecule has 0 saturated carbocycles. The summed E-state index contributed by atoms with van der Waals surface area (Å²) in [6, 6.07) is 0. The number of piperidine rings is 1. The third kappa shape index (κ3) is 4.77. The zero-order chi connectivity index (χ0) is 14.6. The van der Waals surface area contributed by atoms with Crippen LogP contribution in [-0.2, 0) is 19.6 Å². The summed E-state index contributed by atoms with van der Waals surface area (Å²) >= 11 is 0. The summed E-state index contributed by atoms with van der Waals surface area (Å²) in [7, 11) is -3.23. The maximum Gasteiger partial charge on any atom is 0.334 e. The van der Waals surface area contributed by atoms with Crippen molar-refractivity contribution in [3.63, 3.8) is 0 Å². The number of aliphatic hydroxyl groups is 1. The van der Waals surface area contributed by atoms with Crippen LogP contribution in [0.3, 0.4) is 0 Å². The quantitative estimate of drug-likeness (QED) is 0.550. The number of nitrogens with one attached hydrogen (secondary N) is 1. The van der Waals surface area contributed by atoms with Crippen LogP contribution < -0.4 is 5.32 Å². The molecule has 1 amide bonds.